The molecule has 0 aliphatic carbocycles. The number of aryl methyl sites for hydroxylation is 1. The van der Waals surface area contributed by atoms with Crippen molar-refractivity contribution >= 4 is 33.7 Å². The van der Waals surface area contributed by atoms with E-state index in [-0.39, 0.29) is 6.61 Å². The first-order chi connectivity index (χ1) is 15.6. The zero-order valence-electron chi connectivity index (χ0n) is 18.1. The van der Waals surface area contributed by atoms with Crippen molar-refractivity contribution in [3.05, 3.63) is 64.8 Å². The Labute approximate surface area is 188 Å². The van der Waals surface area contributed by atoms with Gasteiger partial charge in [-0.15, -0.1) is 16.4 Å². The smallest absolute Gasteiger partial charge is 0.195 e. The first kappa shape index (κ1) is 20.1. The number of methoxy groups -OCH3 is 1. The van der Waals surface area contributed by atoms with Gasteiger partial charge in [0, 0.05) is 17.3 Å². The zero-order valence-corrected chi connectivity index (χ0v) is 18.9. The van der Waals surface area contributed by atoms with Gasteiger partial charge in [-0.2, -0.15) is 0 Å². The molecule has 0 aliphatic rings. The Morgan fingerprint density at radius 1 is 1.12 bits per heavy atom. The highest BCUT2D eigenvalue weighted by atomic mass is 32.1. The van der Waals surface area contributed by atoms with Gasteiger partial charge < -0.3 is 9.57 Å². The Kier molecular flexibility index (Phi) is 5.06. The van der Waals surface area contributed by atoms with Crippen LogP contribution in [0.25, 0.3) is 21.8 Å². The van der Waals surface area contributed by atoms with E-state index >= 15 is 0 Å². The maximum atomic E-state index is 5.54. The largest absolute Gasteiger partial charge is 0.497 e. The molecule has 0 aliphatic heterocycles. The minimum absolute atomic E-state index is 0.155. The molecule has 5 aromatic rings. The van der Waals surface area contributed by atoms with Crippen LogP contribution in [0.4, 0.5) is 0 Å². The highest BCUT2D eigenvalue weighted by Gasteiger charge is 2.20. The standard InChI is InChI=1S/C22H21N7O2S/c1-13-15(3)29(22-23-9-10-32-22)20-19(13)21-25-18(26-28(21)12-24-20)11-31-27-14(2)16-5-7-17(30-4)8-6-16/h5-10,12H,11H2,1-4H3. The molecule has 9 nitrogen and oxygen atoms in total. The van der Waals surface area contributed by atoms with Crippen LogP contribution in [0.2, 0.25) is 0 Å². The number of hydrogen-bond acceptors (Lipinski definition) is 8. The average Bonchev–Trinajstić information content (AvgIpc) is 3.53. The Bertz CT molecular complexity index is 1430. The lowest BCUT2D eigenvalue weighted by molar-refractivity contribution is 0.125. The van der Waals surface area contributed by atoms with Crippen molar-refractivity contribution in [2.24, 2.45) is 5.16 Å². The van der Waals surface area contributed by atoms with Crippen molar-refractivity contribution < 1.29 is 9.57 Å². The molecule has 0 amide bonds. The van der Waals surface area contributed by atoms with Gasteiger partial charge in [-0.1, -0.05) is 5.16 Å². The van der Waals surface area contributed by atoms with Gasteiger partial charge in [0.1, 0.15) is 12.1 Å². The van der Waals surface area contributed by atoms with Crippen molar-refractivity contribution in [3.63, 3.8) is 0 Å². The van der Waals surface area contributed by atoms with Gasteiger partial charge in [-0.3, -0.25) is 4.57 Å². The maximum absolute atomic E-state index is 5.54. The summed E-state index contributed by atoms with van der Waals surface area (Å²) in [4.78, 5) is 19.3. The van der Waals surface area contributed by atoms with E-state index in [0.717, 1.165) is 50.1 Å². The second-order valence-electron chi connectivity index (χ2n) is 7.28. The van der Waals surface area contributed by atoms with Gasteiger partial charge in [-0.25, -0.2) is 19.5 Å². The van der Waals surface area contributed by atoms with Gasteiger partial charge in [0.25, 0.3) is 0 Å². The summed E-state index contributed by atoms with van der Waals surface area (Å²) in [6.45, 7) is 6.17. The molecule has 0 saturated heterocycles. The van der Waals surface area contributed by atoms with Crippen molar-refractivity contribution in [3.8, 4) is 10.9 Å². The molecular weight excluding hydrogens is 426 g/mol. The highest BCUT2D eigenvalue weighted by Crippen LogP contribution is 2.30. The molecule has 0 unspecified atom stereocenters. The van der Waals surface area contributed by atoms with E-state index in [1.165, 1.54) is 0 Å². The number of hydrogen-bond donors (Lipinski definition) is 0. The highest BCUT2D eigenvalue weighted by molar-refractivity contribution is 7.12. The van der Waals surface area contributed by atoms with Crippen molar-refractivity contribution in [1.29, 1.82) is 0 Å². The topological polar surface area (TPSA) is 91.7 Å². The normalized spacial score (nSPS) is 12.1. The molecule has 0 fully saturated rings. The summed E-state index contributed by atoms with van der Waals surface area (Å²) >= 11 is 1.57. The second-order valence-corrected chi connectivity index (χ2v) is 8.15. The summed E-state index contributed by atoms with van der Waals surface area (Å²) in [6.07, 6.45) is 3.46. The molecule has 0 spiro atoms. The summed E-state index contributed by atoms with van der Waals surface area (Å²) in [5.41, 5.74) is 5.44. The Morgan fingerprint density at radius 3 is 2.66 bits per heavy atom. The van der Waals surface area contributed by atoms with Gasteiger partial charge >= 0.3 is 0 Å². The summed E-state index contributed by atoms with van der Waals surface area (Å²) < 4.78 is 8.92. The average molecular weight is 448 g/mol. The fourth-order valence-electron chi connectivity index (χ4n) is 3.60. The van der Waals surface area contributed by atoms with Crippen LogP contribution in [0, 0.1) is 13.8 Å². The van der Waals surface area contributed by atoms with Crippen LogP contribution >= 0.6 is 11.3 Å². The number of ether oxygens (including phenoxy) is 1. The summed E-state index contributed by atoms with van der Waals surface area (Å²) in [7, 11) is 1.64. The van der Waals surface area contributed by atoms with E-state index in [1.807, 2.05) is 36.6 Å². The third kappa shape index (κ3) is 3.38. The van der Waals surface area contributed by atoms with E-state index in [9.17, 15) is 0 Å². The molecule has 0 bridgehead atoms. The number of thiazole rings is 1. The lowest BCUT2D eigenvalue weighted by Crippen LogP contribution is -1.99. The SMILES string of the molecule is COc1ccc(C(C)=NOCc2nc3c4c(C)c(C)n(-c5nccs5)c4ncn3n2)cc1. The third-order valence-electron chi connectivity index (χ3n) is 5.39. The van der Waals surface area contributed by atoms with Crippen molar-refractivity contribution in [1.82, 2.24) is 29.1 Å². The molecule has 162 valence electrons. The molecule has 0 atom stereocenters. The van der Waals surface area contributed by atoms with Crippen LogP contribution in [0.5, 0.6) is 5.75 Å². The molecule has 4 aromatic heterocycles. The van der Waals surface area contributed by atoms with Gasteiger partial charge in [0.05, 0.1) is 18.2 Å². The van der Waals surface area contributed by atoms with E-state index in [4.69, 9.17) is 14.6 Å². The van der Waals surface area contributed by atoms with Gasteiger partial charge in [-0.05, 0) is 56.2 Å². The zero-order chi connectivity index (χ0) is 22.2. The molecule has 1 aromatic carbocycles. The number of nitrogens with zero attached hydrogens (tertiary/aromatic N) is 7. The van der Waals surface area contributed by atoms with Crippen molar-refractivity contribution in [2.75, 3.05) is 7.11 Å². The van der Waals surface area contributed by atoms with Gasteiger partial charge in [0.15, 0.2) is 28.9 Å². The Hall–Kier alpha value is -3.79. The number of fused-ring (bicyclic) bond motifs is 3. The van der Waals surface area contributed by atoms with E-state index < -0.39 is 0 Å². The van der Waals surface area contributed by atoms with Crippen LogP contribution in [0.1, 0.15) is 29.6 Å². The monoisotopic (exact) mass is 447 g/mol. The Balaban J connectivity index is 1.43. The molecule has 0 saturated carbocycles. The first-order valence-electron chi connectivity index (χ1n) is 9.99. The first-order valence-corrected chi connectivity index (χ1v) is 10.9. The molecule has 0 N–H and O–H groups in total. The fraction of sp³-hybridized carbons (Fsp3) is 0.227. The van der Waals surface area contributed by atoms with Crippen LogP contribution < -0.4 is 4.74 Å². The minimum Gasteiger partial charge on any atom is -0.497 e. The predicted molar refractivity (Wildman–Crippen MR) is 123 cm³/mol. The quantitative estimate of drug-likeness (QED) is 0.288. The van der Waals surface area contributed by atoms with E-state index in [2.05, 4.69) is 38.6 Å². The molecule has 32 heavy (non-hydrogen) atoms. The minimum atomic E-state index is 0.155. The summed E-state index contributed by atoms with van der Waals surface area (Å²) in [6, 6.07) is 7.65. The molecule has 0 radical (unpaired) electrons. The molecule has 4 heterocycles. The van der Waals surface area contributed by atoms with Gasteiger partial charge in [0.2, 0.25) is 0 Å². The molecular formula is C22H21N7O2S. The Morgan fingerprint density at radius 2 is 1.94 bits per heavy atom. The number of benzene rings is 1. The van der Waals surface area contributed by atoms with Crippen molar-refractivity contribution in [2.45, 2.75) is 27.4 Å². The summed E-state index contributed by atoms with van der Waals surface area (Å²) in [5.74, 6) is 1.33. The van der Waals surface area contributed by atoms with Crippen LogP contribution in [0.3, 0.4) is 0 Å². The maximum Gasteiger partial charge on any atom is 0.195 e. The van der Waals surface area contributed by atoms with E-state index in [0.29, 0.717) is 5.82 Å². The van der Waals surface area contributed by atoms with Crippen LogP contribution in [-0.4, -0.2) is 42.0 Å². The summed E-state index contributed by atoms with van der Waals surface area (Å²) in [5, 5.41) is 12.5. The number of rotatable bonds is 6. The fourth-order valence-corrected chi connectivity index (χ4v) is 4.29. The number of oxime groups is 1. The molecule has 5 rings (SSSR count). The van der Waals surface area contributed by atoms with Crippen LogP contribution in [0.15, 0.2) is 47.3 Å². The predicted octanol–water partition coefficient (Wildman–Crippen LogP) is 4.09. The lowest BCUT2D eigenvalue weighted by atomic mass is 10.1. The van der Waals surface area contributed by atoms with Crippen LogP contribution in [-0.2, 0) is 11.4 Å². The molecule has 10 heteroatoms. The number of aromatic nitrogens is 6. The second kappa shape index (κ2) is 8.04. The third-order valence-corrected chi connectivity index (χ3v) is 6.15. The lowest BCUT2D eigenvalue weighted by Gasteiger charge is -2.03. The van der Waals surface area contributed by atoms with E-state index in [1.54, 1.807) is 35.5 Å².